The zero-order valence-electron chi connectivity index (χ0n) is 16.9. The highest BCUT2D eigenvalue weighted by Crippen LogP contribution is 2.51. The topological polar surface area (TPSA) is 0 Å². The Morgan fingerprint density at radius 2 is 1.13 bits per heavy atom. The molecule has 0 N–H and O–H groups in total. The number of hydrogen-bond donors (Lipinski definition) is 0. The van der Waals surface area contributed by atoms with E-state index in [1.165, 1.54) is 96.3 Å². The number of unbranched alkanes of at least 4 members (excludes halogenated alkanes) is 9. The molecular formula is C23H46. The van der Waals surface area contributed by atoms with Gasteiger partial charge in [0, 0.05) is 0 Å². The molecule has 1 rings (SSSR count). The molecule has 0 aromatic carbocycles. The molecule has 4 atom stereocenters. The molecule has 0 aliphatic heterocycles. The van der Waals surface area contributed by atoms with Gasteiger partial charge in [-0.3, -0.25) is 0 Å². The quantitative estimate of drug-likeness (QED) is 0.250. The zero-order valence-corrected chi connectivity index (χ0v) is 16.9. The maximum absolute atomic E-state index is 2.51. The van der Waals surface area contributed by atoms with Gasteiger partial charge in [-0.05, 0) is 36.5 Å². The highest BCUT2D eigenvalue weighted by atomic mass is 14.5. The number of hydrogen-bond acceptors (Lipinski definition) is 0. The molecule has 0 spiro atoms. The smallest absolute Gasteiger partial charge is 0.0355 e. The van der Waals surface area contributed by atoms with Crippen LogP contribution >= 0.6 is 0 Å². The molecule has 1 fully saturated rings. The first-order chi connectivity index (χ1) is 11.2. The Kier molecular flexibility index (Phi) is 12.2. The van der Waals surface area contributed by atoms with Crippen molar-refractivity contribution in [2.24, 2.45) is 23.7 Å². The maximum Gasteiger partial charge on any atom is -0.0355 e. The third-order valence-electron chi connectivity index (χ3n) is 6.58. The van der Waals surface area contributed by atoms with Crippen molar-refractivity contribution in [3.8, 4) is 0 Å². The van der Waals surface area contributed by atoms with Gasteiger partial charge in [0.2, 0.25) is 0 Å². The van der Waals surface area contributed by atoms with Crippen LogP contribution in [0.25, 0.3) is 0 Å². The lowest BCUT2D eigenvalue weighted by atomic mass is 9.99. The Bertz CT molecular complexity index is 257. The SMILES string of the molecule is CCCCCCCCC1C(C)C1CCCCCCCC(C)CC. The molecule has 4 unspecified atom stereocenters. The molecule has 1 saturated carbocycles. The second-order valence-electron chi connectivity index (χ2n) is 8.60. The van der Waals surface area contributed by atoms with E-state index in [4.69, 9.17) is 0 Å². The van der Waals surface area contributed by atoms with Crippen molar-refractivity contribution in [1.29, 1.82) is 0 Å². The summed E-state index contributed by atoms with van der Waals surface area (Å²) in [6, 6.07) is 0. The van der Waals surface area contributed by atoms with Gasteiger partial charge >= 0.3 is 0 Å². The van der Waals surface area contributed by atoms with Crippen LogP contribution < -0.4 is 0 Å². The van der Waals surface area contributed by atoms with Crippen LogP contribution in [0, 0.1) is 23.7 Å². The summed E-state index contributed by atoms with van der Waals surface area (Å²) in [7, 11) is 0. The van der Waals surface area contributed by atoms with E-state index in [1.807, 2.05) is 0 Å². The fourth-order valence-electron chi connectivity index (χ4n) is 4.36. The van der Waals surface area contributed by atoms with Crippen LogP contribution in [0.1, 0.15) is 124 Å². The van der Waals surface area contributed by atoms with Gasteiger partial charge in [0.25, 0.3) is 0 Å². The summed E-state index contributed by atoms with van der Waals surface area (Å²) in [5.41, 5.74) is 0. The van der Waals surface area contributed by atoms with Gasteiger partial charge in [0.1, 0.15) is 0 Å². The molecule has 1 aliphatic carbocycles. The van der Waals surface area contributed by atoms with E-state index >= 15 is 0 Å². The molecule has 23 heavy (non-hydrogen) atoms. The summed E-state index contributed by atoms with van der Waals surface area (Å²) < 4.78 is 0. The summed E-state index contributed by atoms with van der Waals surface area (Å²) in [6.45, 7) is 9.54. The molecule has 0 amide bonds. The highest BCUT2D eigenvalue weighted by Gasteiger charge is 2.44. The minimum absolute atomic E-state index is 0.949. The van der Waals surface area contributed by atoms with Crippen molar-refractivity contribution in [3.05, 3.63) is 0 Å². The number of rotatable bonds is 16. The third-order valence-corrected chi connectivity index (χ3v) is 6.58. The second-order valence-corrected chi connectivity index (χ2v) is 8.60. The molecule has 0 bridgehead atoms. The minimum Gasteiger partial charge on any atom is -0.0654 e. The Morgan fingerprint density at radius 3 is 1.65 bits per heavy atom. The minimum atomic E-state index is 0.949. The fraction of sp³-hybridized carbons (Fsp3) is 1.00. The fourth-order valence-corrected chi connectivity index (χ4v) is 4.36. The summed E-state index contributed by atoms with van der Waals surface area (Å²) in [6.07, 6.45) is 22.1. The molecule has 0 aromatic heterocycles. The van der Waals surface area contributed by atoms with E-state index in [-0.39, 0.29) is 0 Å². The van der Waals surface area contributed by atoms with Crippen molar-refractivity contribution < 1.29 is 0 Å². The Balaban J connectivity index is 1.86. The zero-order chi connectivity index (χ0) is 16.9. The van der Waals surface area contributed by atoms with Crippen molar-refractivity contribution in [3.63, 3.8) is 0 Å². The molecule has 0 nitrogen and oxygen atoms in total. The Hall–Kier alpha value is 0. The van der Waals surface area contributed by atoms with E-state index in [9.17, 15) is 0 Å². The van der Waals surface area contributed by atoms with E-state index in [0.717, 1.165) is 23.7 Å². The average Bonchev–Trinajstić information content (AvgIpc) is 3.18. The van der Waals surface area contributed by atoms with Crippen molar-refractivity contribution in [2.75, 3.05) is 0 Å². The van der Waals surface area contributed by atoms with E-state index in [2.05, 4.69) is 27.7 Å². The molecule has 0 saturated heterocycles. The van der Waals surface area contributed by atoms with Crippen LogP contribution in [0.4, 0.5) is 0 Å². The van der Waals surface area contributed by atoms with Crippen LogP contribution in [0.3, 0.4) is 0 Å². The van der Waals surface area contributed by atoms with Gasteiger partial charge in [-0.15, -0.1) is 0 Å². The first-order valence-electron chi connectivity index (χ1n) is 11.2. The van der Waals surface area contributed by atoms with Crippen molar-refractivity contribution >= 4 is 0 Å². The van der Waals surface area contributed by atoms with E-state index in [1.54, 1.807) is 0 Å². The maximum atomic E-state index is 2.51. The largest absolute Gasteiger partial charge is 0.0654 e. The van der Waals surface area contributed by atoms with E-state index < -0.39 is 0 Å². The second kappa shape index (κ2) is 13.3. The summed E-state index contributed by atoms with van der Waals surface area (Å²) in [5, 5.41) is 0. The lowest BCUT2D eigenvalue weighted by Crippen LogP contribution is -1.91. The summed E-state index contributed by atoms with van der Waals surface area (Å²) >= 11 is 0. The van der Waals surface area contributed by atoms with Gasteiger partial charge in [-0.2, -0.15) is 0 Å². The van der Waals surface area contributed by atoms with Crippen molar-refractivity contribution in [2.45, 2.75) is 124 Å². The summed E-state index contributed by atoms with van der Waals surface area (Å²) in [4.78, 5) is 0. The molecule has 0 heteroatoms. The normalized spacial score (nSPS) is 24.8. The van der Waals surface area contributed by atoms with Gasteiger partial charge in [0.05, 0.1) is 0 Å². The summed E-state index contributed by atoms with van der Waals surface area (Å²) in [5.74, 6) is 4.21. The molecule has 0 heterocycles. The molecular weight excluding hydrogens is 276 g/mol. The van der Waals surface area contributed by atoms with Crippen molar-refractivity contribution in [1.82, 2.24) is 0 Å². The predicted octanol–water partition coefficient (Wildman–Crippen LogP) is 8.40. The van der Waals surface area contributed by atoms with Gasteiger partial charge < -0.3 is 0 Å². The Labute approximate surface area is 148 Å². The molecule has 0 radical (unpaired) electrons. The predicted molar refractivity (Wildman–Crippen MR) is 106 cm³/mol. The Morgan fingerprint density at radius 1 is 0.652 bits per heavy atom. The van der Waals surface area contributed by atoms with Crippen LogP contribution in [0.5, 0.6) is 0 Å². The monoisotopic (exact) mass is 322 g/mol. The van der Waals surface area contributed by atoms with Crippen LogP contribution in [-0.4, -0.2) is 0 Å². The van der Waals surface area contributed by atoms with Gasteiger partial charge in [0.15, 0.2) is 0 Å². The van der Waals surface area contributed by atoms with Crippen LogP contribution in [-0.2, 0) is 0 Å². The molecule has 1 aliphatic rings. The average molecular weight is 323 g/mol. The van der Waals surface area contributed by atoms with Gasteiger partial charge in [-0.1, -0.05) is 111 Å². The third kappa shape index (κ3) is 9.78. The van der Waals surface area contributed by atoms with Crippen LogP contribution in [0.2, 0.25) is 0 Å². The standard InChI is InChI=1S/C23H46/c1-5-7-8-9-12-15-18-22-21(4)23(22)19-16-13-10-11-14-17-20(3)6-2/h20-23H,5-19H2,1-4H3. The van der Waals surface area contributed by atoms with Gasteiger partial charge in [-0.25, -0.2) is 0 Å². The highest BCUT2D eigenvalue weighted by molar-refractivity contribution is 4.93. The molecule has 138 valence electrons. The van der Waals surface area contributed by atoms with Crippen LogP contribution in [0.15, 0.2) is 0 Å². The molecule has 0 aromatic rings. The van der Waals surface area contributed by atoms with E-state index in [0.29, 0.717) is 0 Å². The lowest BCUT2D eigenvalue weighted by molar-refractivity contribution is 0.466. The first-order valence-corrected chi connectivity index (χ1v) is 11.2. The lowest BCUT2D eigenvalue weighted by Gasteiger charge is -2.07. The first kappa shape index (κ1) is 21.0.